The van der Waals surface area contributed by atoms with Gasteiger partial charge in [0.2, 0.25) is 5.91 Å². The minimum absolute atomic E-state index is 0.0252. The summed E-state index contributed by atoms with van der Waals surface area (Å²) in [5.74, 6) is -6.21. The number of amides is 2. The normalized spacial score (nSPS) is 12.8. The summed E-state index contributed by atoms with van der Waals surface area (Å²) in [4.78, 5) is 66.1. The Hall–Kier alpha value is -3.88. The first-order valence-corrected chi connectivity index (χ1v) is 11.4. The molecule has 0 fully saturated rings. The Morgan fingerprint density at radius 2 is 1.72 bits per heavy atom. The molecule has 20 heteroatoms. The van der Waals surface area contributed by atoms with Crippen LogP contribution in [0.4, 0.5) is 17.1 Å². The Bertz CT molecular complexity index is 1200. The van der Waals surface area contributed by atoms with E-state index in [4.69, 9.17) is 10.8 Å². The number of rotatable bonds is 13. The van der Waals surface area contributed by atoms with Crippen LogP contribution in [0.25, 0.3) is 0 Å². The van der Waals surface area contributed by atoms with Crippen molar-refractivity contribution in [1.82, 2.24) is 5.32 Å². The molecule has 0 spiro atoms. The summed E-state index contributed by atoms with van der Waals surface area (Å²) in [6.07, 6.45) is -0.883. The highest BCUT2D eigenvalue weighted by Crippen LogP contribution is 2.39. The number of nitro benzene ring substituents is 2. The fourth-order valence-electron chi connectivity index (χ4n) is 2.74. The van der Waals surface area contributed by atoms with Crippen LogP contribution in [-0.2, 0) is 29.3 Å². The minimum Gasteiger partial charge on any atom is -0.480 e. The predicted octanol–water partition coefficient (Wildman–Crippen LogP) is -1.23. The van der Waals surface area contributed by atoms with Gasteiger partial charge in [0, 0.05) is 18.2 Å². The molecular weight excluding hydrogens is 534 g/mol. The lowest BCUT2D eigenvalue weighted by molar-refractivity contribution is -0.394. The number of nitrogens with zero attached hydrogens (tertiary/aromatic N) is 3. The zero-order valence-corrected chi connectivity index (χ0v) is 19.5. The standard InChI is InChI=1S/C16H19N5O13S2/c17-8(16(26)27)1-2-12(22)18-9(6-35)15(25)19(5-13(23)24)14-10(21(30)31)3-7(20(28)29)4-11(14)36(32,33)34/h3-4,8-9,35H,1-2,5-6,17H2,(H,18,22)(H,23,24)(H,26,27)(H,32,33,34). The first-order valence-electron chi connectivity index (χ1n) is 9.37. The summed E-state index contributed by atoms with van der Waals surface area (Å²) in [7, 11) is -5.51. The van der Waals surface area contributed by atoms with E-state index in [2.05, 4.69) is 17.9 Å². The molecule has 1 rings (SSSR count). The molecule has 0 bridgehead atoms. The zero-order valence-electron chi connectivity index (χ0n) is 17.8. The fourth-order valence-corrected chi connectivity index (χ4v) is 3.72. The lowest BCUT2D eigenvalue weighted by atomic mass is 10.1. The molecule has 0 aliphatic carbocycles. The molecule has 0 aromatic heterocycles. The first-order chi connectivity index (χ1) is 16.5. The molecule has 2 amide bonds. The van der Waals surface area contributed by atoms with E-state index in [9.17, 15) is 57.5 Å². The van der Waals surface area contributed by atoms with Crippen molar-refractivity contribution in [2.45, 2.75) is 29.8 Å². The van der Waals surface area contributed by atoms with Gasteiger partial charge in [-0.25, -0.2) is 0 Å². The summed E-state index contributed by atoms with van der Waals surface area (Å²) in [6.45, 7) is -1.44. The van der Waals surface area contributed by atoms with E-state index in [1.165, 1.54) is 0 Å². The number of anilines is 1. The maximum atomic E-state index is 13.1. The van der Waals surface area contributed by atoms with Gasteiger partial charge in [0.15, 0.2) is 0 Å². The average Bonchev–Trinajstić information content (AvgIpc) is 2.77. The third kappa shape index (κ3) is 7.83. The Morgan fingerprint density at radius 3 is 2.14 bits per heavy atom. The van der Waals surface area contributed by atoms with Crippen molar-refractivity contribution in [3.63, 3.8) is 0 Å². The van der Waals surface area contributed by atoms with Crippen molar-refractivity contribution in [2.24, 2.45) is 5.73 Å². The SMILES string of the molecule is NC(CCC(=O)NC(CS)C(=O)N(CC(=O)O)c1c([N+](=O)[O-])cc([N+](=O)[O-])cc1S(=O)(=O)O)C(=O)O. The topological polar surface area (TPSA) is 291 Å². The number of hydrogen-bond acceptors (Lipinski definition) is 12. The second kappa shape index (κ2) is 12.2. The number of benzene rings is 1. The van der Waals surface area contributed by atoms with E-state index >= 15 is 0 Å². The average molecular weight is 553 g/mol. The van der Waals surface area contributed by atoms with Gasteiger partial charge in [-0.15, -0.1) is 0 Å². The minimum atomic E-state index is -5.51. The molecule has 0 radical (unpaired) electrons. The number of nitrogens with one attached hydrogen (secondary N) is 1. The predicted molar refractivity (Wildman–Crippen MR) is 120 cm³/mol. The van der Waals surface area contributed by atoms with E-state index in [0.717, 1.165) is 0 Å². The van der Waals surface area contributed by atoms with Crippen LogP contribution in [0, 0.1) is 20.2 Å². The van der Waals surface area contributed by atoms with Gasteiger partial charge in [0.05, 0.1) is 15.9 Å². The summed E-state index contributed by atoms with van der Waals surface area (Å²) in [6, 6.07) is -2.75. The van der Waals surface area contributed by atoms with Crippen molar-refractivity contribution in [2.75, 3.05) is 17.2 Å². The zero-order chi connectivity index (χ0) is 28.0. The highest BCUT2D eigenvalue weighted by Gasteiger charge is 2.38. The van der Waals surface area contributed by atoms with E-state index in [-0.39, 0.29) is 23.5 Å². The van der Waals surface area contributed by atoms with Crippen molar-refractivity contribution >= 4 is 63.6 Å². The second-order valence-corrected chi connectivity index (χ2v) is 8.66. The number of carboxylic acid groups (broad SMARTS) is 2. The number of hydrogen-bond donors (Lipinski definition) is 6. The van der Waals surface area contributed by atoms with Crippen molar-refractivity contribution < 1.29 is 52.2 Å². The molecule has 2 atom stereocenters. The molecule has 6 N–H and O–H groups in total. The summed E-state index contributed by atoms with van der Waals surface area (Å²) >= 11 is 3.84. The van der Waals surface area contributed by atoms with E-state index < -0.39 is 96.5 Å². The van der Waals surface area contributed by atoms with Gasteiger partial charge in [-0.2, -0.15) is 21.0 Å². The Kier molecular flexibility index (Phi) is 10.2. The molecule has 0 saturated heterocycles. The van der Waals surface area contributed by atoms with Gasteiger partial charge >= 0.3 is 17.6 Å². The largest absolute Gasteiger partial charge is 0.480 e. The maximum absolute atomic E-state index is 13.1. The maximum Gasteiger partial charge on any atom is 0.323 e. The quantitative estimate of drug-likeness (QED) is 0.0722. The number of thiol groups is 1. The molecular formula is C16H19N5O13S2. The lowest BCUT2D eigenvalue weighted by Crippen LogP contribution is -2.51. The molecule has 0 heterocycles. The number of nitro groups is 2. The van der Waals surface area contributed by atoms with Crippen LogP contribution in [0.1, 0.15) is 12.8 Å². The van der Waals surface area contributed by atoms with Crippen molar-refractivity contribution in [1.29, 1.82) is 0 Å². The van der Waals surface area contributed by atoms with Gasteiger partial charge in [-0.05, 0) is 6.42 Å². The van der Waals surface area contributed by atoms with Gasteiger partial charge in [0.1, 0.15) is 29.2 Å². The molecule has 0 saturated carbocycles. The van der Waals surface area contributed by atoms with Crippen LogP contribution in [-0.4, -0.2) is 81.2 Å². The smallest absolute Gasteiger partial charge is 0.323 e. The Labute approximate surface area is 206 Å². The van der Waals surface area contributed by atoms with Crippen LogP contribution >= 0.6 is 12.6 Å². The van der Waals surface area contributed by atoms with Gasteiger partial charge in [-0.3, -0.25) is 48.9 Å². The molecule has 0 aliphatic heterocycles. The van der Waals surface area contributed by atoms with Crippen molar-refractivity contribution in [3.05, 3.63) is 32.4 Å². The highest BCUT2D eigenvalue weighted by atomic mass is 32.2. The lowest BCUT2D eigenvalue weighted by Gasteiger charge is -2.27. The highest BCUT2D eigenvalue weighted by molar-refractivity contribution is 7.86. The number of aliphatic carboxylic acids is 2. The van der Waals surface area contributed by atoms with Crippen LogP contribution in [0.2, 0.25) is 0 Å². The van der Waals surface area contributed by atoms with Crippen LogP contribution in [0.3, 0.4) is 0 Å². The van der Waals surface area contributed by atoms with E-state index in [1.54, 1.807) is 0 Å². The van der Waals surface area contributed by atoms with E-state index in [1.807, 2.05) is 0 Å². The number of carboxylic acids is 2. The molecule has 18 nitrogen and oxygen atoms in total. The summed E-state index contributed by atoms with van der Waals surface area (Å²) in [5, 5.41) is 42.8. The Morgan fingerprint density at radius 1 is 1.14 bits per heavy atom. The van der Waals surface area contributed by atoms with Crippen LogP contribution in [0.15, 0.2) is 17.0 Å². The third-order valence-electron chi connectivity index (χ3n) is 4.37. The molecule has 198 valence electrons. The summed E-state index contributed by atoms with van der Waals surface area (Å²) < 4.78 is 33.4. The summed E-state index contributed by atoms with van der Waals surface area (Å²) in [5.41, 5.74) is 1.38. The molecule has 0 aliphatic rings. The third-order valence-corrected chi connectivity index (χ3v) is 5.60. The van der Waals surface area contributed by atoms with Crippen LogP contribution < -0.4 is 16.0 Å². The van der Waals surface area contributed by atoms with Crippen molar-refractivity contribution in [3.8, 4) is 0 Å². The number of non-ortho nitro benzene ring substituents is 1. The molecule has 1 aromatic rings. The first kappa shape index (κ1) is 30.2. The number of carbonyl (C=O) groups is 4. The van der Waals surface area contributed by atoms with Crippen LogP contribution in [0.5, 0.6) is 0 Å². The number of carbonyl (C=O) groups excluding carboxylic acids is 2. The molecule has 36 heavy (non-hydrogen) atoms. The Balaban J connectivity index is 3.64. The van der Waals surface area contributed by atoms with Gasteiger partial charge in [-0.1, -0.05) is 0 Å². The number of nitrogens with two attached hydrogens (primary N) is 1. The van der Waals surface area contributed by atoms with Gasteiger partial charge in [0.25, 0.3) is 21.7 Å². The fraction of sp³-hybridized carbons (Fsp3) is 0.375. The molecule has 2 unspecified atom stereocenters. The monoisotopic (exact) mass is 553 g/mol. The van der Waals surface area contributed by atoms with E-state index in [0.29, 0.717) is 0 Å². The molecule has 1 aromatic carbocycles. The second-order valence-electron chi connectivity index (χ2n) is 6.91. The van der Waals surface area contributed by atoms with Gasteiger partial charge < -0.3 is 21.3 Å².